The van der Waals surface area contributed by atoms with E-state index in [1.165, 1.54) is 21.3 Å². The predicted molar refractivity (Wildman–Crippen MR) is 90.2 cm³/mol. The van der Waals surface area contributed by atoms with E-state index in [1.807, 2.05) is 6.07 Å². The third-order valence-electron chi connectivity index (χ3n) is 4.03. The molecule has 0 atom stereocenters. The van der Waals surface area contributed by atoms with Crippen LogP contribution in [0.15, 0.2) is 34.5 Å². The molecule has 0 unspecified atom stereocenters. The van der Waals surface area contributed by atoms with Gasteiger partial charge in [-0.2, -0.15) is 9.57 Å². The van der Waals surface area contributed by atoms with Gasteiger partial charge in [0.1, 0.15) is 5.82 Å². The molecule has 0 saturated carbocycles. The maximum atomic E-state index is 12.7. The SMILES string of the molecule is CCN(CC)S(=O)(=O)c1ccc(C)c(N2C(=O)CC(C#N)=C2N)c1. The first-order chi connectivity index (χ1) is 11.3. The number of rotatable bonds is 5. The van der Waals surface area contributed by atoms with E-state index in [0.29, 0.717) is 24.3 Å². The van der Waals surface area contributed by atoms with Gasteiger partial charge in [-0.3, -0.25) is 9.69 Å². The van der Waals surface area contributed by atoms with E-state index in [4.69, 9.17) is 11.0 Å². The summed E-state index contributed by atoms with van der Waals surface area (Å²) in [6, 6.07) is 6.50. The van der Waals surface area contributed by atoms with Crippen molar-refractivity contribution in [2.24, 2.45) is 5.73 Å². The summed E-state index contributed by atoms with van der Waals surface area (Å²) in [5, 5.41) is 9.04. The second-order valence-electron chi connectivity index (χ2n) is 5.42. The summed E-state index contributed by atoms with van der Waals surface area (Å²) in [6.45, 7) is 5.99. The third-order valence-corrected chi connectivity index (χ3v) is 6.07. The van der Waals surface area contributed by atoms with Gasteiger partial charge in [0.05, 0.1) is 28.6 Å². The lowest BCUT2D eigenvalue weighted by molar-refractivity contribution is -0.116. The molecule has 0 aromatic heterocycles. The maximum Gasteiger partial charge on any atom is 0.243 e. The highest BCUT2D eigenvalue weighted by Gasteiger charge is 2.32. The summed E-state index contributed by atoms with van der Waals surface area (Å²) < 4.78 is 26.7. The van der Waals surface area contributed by atoms with Crippen LogP contribution in [0.2, 0.25) is 0 Å². The zero-order valence-electron chi connectivity index (χ0n) is 13.9. The maximum absolute atomic E-state index is 12.7. The van der Waals surface area contributed by atoms with E-state index >= 15 is 0 Å². The molecule has 0 radical (unpaired) electrons. The van der Waals surface area contributed by atoms with Crippen molar-refractivity contribution in [3.63, 3.8) is 0 Å². The molecule has 1 aliphatic rings. The van der Waals surface area contributed by atoms with Crippen molar-refractivity contribution in [1.82, 2.24) is 4.31 Å². The van der Waals surface area contributed by atoms with E-state index < -0.39 is 10.0 Å². The molecule has 1 amide bonds. The van der Waals surface area contributed by atoms with Gasteiger partial charge < -0.3 is 5.73 Å². The fourth-order valence-corrected chi connectivity index (χ4v) is 4.13. The Morgan fingerprint density at radius 3 is 2.46 bits per heavy atom. The summed E-state index contributed by atoms with van der Waals surface area (Å²) in [5.41, 5.74) is 7.17. The number of sulfonamides is 1. The molecule has 0 aliphatic carbocycles. The molecule has 0 spiro atoms. The van der Waals surface area contributed by atoms with Crippen LogP contribution < -0.4 is 10.6 Å². The summed E-state index contributed by atoms with van der Waals surface area (Å²) in [5.74, 6) is -0.285. The Morgan fingerprint density at radius 1 is 1.33 bits per heavy atom. The van der Waals surface area contributed by atoms with Crippen LogP contribution >= 0.6 is 0 Å². The van der Waals surface area contributed by atoms with E-state index in [2.05, 4.69) is 0 Å². The van der Waals surface area contributed by atoms with Crippen molar-refractivity contribution in [3.05, 3.63) is 35.2 Å². The van der Waals surface area contributed by atoms with Crippen LogP contribution in [0.5, 0.6) is 0 Å². The molecule has 2 rings (SSSR count). The molecule has 24 heavy (non-hydrogen) atoms. The summed E-state index contributed by atoms with van der Waals surface area (Å²) in [6.07, 6.45) is -0.0746. The molecule has 7 nitrogen and oxygen atoms in total. The minimum atomic E-state index is -3.65. The van der Waals surface area contributed by atoms with Crippen molar-refractivity contribution in [2.45, 2.75) is 32.1 Å². The lowest BCUT2D eigenvalue weighted by atomic mass is 10.2. The molecule has 0 saturated heterocycles. The van der Waals surface area contributed by atoms with Gasteiger partial charge in [-0.15, -0.1) is 0 Å². The van der Waals surface area contributed by atoms with Crippen LogP contribution in [0, 0.1) is 18.3 Å². The van der Waals surface area contributed by atoms with Gasteiger partial charge in [-0.1, -0.05) is 19.9 Å². The highest BCUT2D eigenvalue weighted by atomic mass is 32.2. The minimum Gasteiger partial charge on any atom is -0.384 e. The Morgan fingerprint density at radius 2 is 1.96 bits per heavy atom. The molecule has 1 heterocycles. The van der Waals surface area contributed by atoms with Crippen molar-refractivity contribution < 1.29 is 13.2 Å². The number of nitrogens with zero attached hydrogens (tertiary/aromatic N) is 3. The number of anilines is 1. The van der Waals surface area contributed by atoms with Crippen molar-refractivity contribution in [1.29, 1.82) is 5.26 Å². The van der Waals surface area contributed by atoms with Crippen LogP contribution in [-0.2, 0) is 14.8 Å². The second-order valence-corrected chi connectivity index (χ2v) is 7.36. The van der Waals surface area contributed by atoms with Crippen LogP contribution in [-0.4, -0.2) is 31.7 Å². The Bertz CT molecular complexity index is 849. The highest BCUT2D eigenvalue weighted by Crippen LogP contribution is 2.32. The first kappa shape index (κ1) is 18.0. The zero-order valence-corrected chi connectivity index (χ0v) is 14.7. The lowest BCUT2D eigenvalue weighted by Gasteiger charge is -2.23. The average molecular weight is 348 g/mol. The monoisotopic (exact) mass is 348 g/mol. The number of carbonyl (C=O) groups excluding carboxylic acids is 1. The Hall–Kier alpha value is -2.37. The number of amides is 1. The molecule has 0 bridgehead atoms. The van der Waals surface area contributed by atoms with Gasteiger partial charge in [0.15, 0.2) is 0 Å². The van der Waals surface area contributed by atoms with Crippen LogP contribution in [0.3, 0.4) is 0 Å². The van der Waals surface area contributed by atoms with Gasteiger partial charge in [0, 0.05) is 13.1 Å². The molecule has 2 N–H and O–H groups in total. The molecule has 1 aliphatic heterocycles. The fraction of sp³-hybridized carbons (Fsp3) is 0.375. The van der Waals surface area contributed by atoms with E-state index in [1.54, 1.807) is 26.8 Å². The van der Waals surface area contributed by atoms with Gasteiger partial charge >= 0.3 is 0 Å². The quantitative estimate of drug-likeness (QED) is 0.866. The van der Waals surface area contributed by atoms with Crippen LogP contribution in [0.25, 0.3) is 0 Å². The number of nitriles is 1. The number of benzene rings is 1. The number of carbonyl (C=O) groups is 1. The Labute approximate surface area is 142 Å². The van der Waals surface area contributed by atoms with Gasteiger partial charge in [-0.25, -0.2) is 8.42 Å². The molecule has 1 aromatic rings. The minimum absolute atomic E-state index is 0.0583. The number of aryl methyl sites for hydroxylation is 1. The van der Waals surface area contributed by atoms with Gasteiger partial charge in [0.25, 0.3) is 0 Å². The third kappa shape index (κ3) is 2.88. The zero-order chi connectivity index (χ0) is 18.1. The molecule has 1 aromatic carbocycles. The largest absolute Gasteiger partial charge is 0.384 e. The summed E-state index contributed by atoms with van der Waals surface area (Å²) >= 11 is 0. The summed E-state index contributed by atoms with van der Waals surface area (Å²) in [4.78, 5) is 13.5. The molecular formula is C16H20N4O3S. The second kappa shape index (κ2) is 6.63. The molecule has 8 heteroatoms. The number of hydrogen-bond donors (Lipinski definition) is 1. The van der Waals surface area contributed by atoms with E-state index in [0.717, 1.165) is 0 Å². The summed E-state index contributed by atoms with van der Waals surface area (Å²) in [7, 11) is -3.65. The first-order valence-corrected chi connectivity index (χ1v) is 9.04. The Kier molecular flexibility index (Phi) is 4.96. The van der Waals surface area contributed by atoms with Crippen molar-refractivity contribution >= 4 is 21.6 Å². The highest BCUT2D eigenvalue weighted by molar-refractivity contribution is 7.89. The predicted octanol–water partition coefficient (Wildman–Crippen LogP) is 1.46. The lowest BCUT2D eigenvalue weighted by Crippen LogP contribution is -2.32. The number of nitrogens with two attached hydrogens (primary N) is 1. The van der Waals surface area contributed by atoms with Gasteiger partial charge in [0.2, 0.25) is 15.9 Å². The Balaban J connectivity index is 2.58. The fourth-order valence-electron chi connectivity index (χ4n) is 2.65. The topological polar surface area (TPSA) is 108 Å². The normalized spacial score (nSPS) is 15.3. The average Bonchev–Trinajstić information content (AvgIpc) is 2.83. The smallest absolute Gasteiger partial charge is 0.243 e. The van der Waals surface area contributed by atoms with Crippen LogP contribution in [0.4, 0.5) is 5.69 Å². The van der Waals surface area contributed by atoms with E-state index in [-0.39, 0.29) is 28.6 Å². The molecule has 0 fully saturated rings. The standard InChI is InChI=1S/C16H20N4O3S/c1-4-19(5-2)24(22,23)13-7-6-11(3)14(9-13)20-15(21)8-12(10-17)16(20)18/h6-7,9H,4-5,8,18H2,1-3H3. The van der Waals surface area contributed by atoms with Crippen molar-refractivity contribution in [3.8, 4) is 6.07 Å². The van der Waals surface area contributed by atoms with Crippen molar-refractivity contribution in [2.75, 3.05) is 18.0 Å². The molecular weight excluding hydrogens is 328 g/mol. The molecule has 128 valence electrons. The van der Waals surface area contributed by atoms with Gasteiger partial charge in [-0.05, 0) is 24.6 Å². The van der Waals surface area contributed by atoms with Crippen LogP contribution in [0.1, 0.15) is 25.8 Å². The first-order valence-electron chi connectivity index (χ1n) is 7.60. The number of hydrogen-bond acceptors (Lipinski definition) is 5. The van der Waals surface area contributed by atoms with E-state index in [9.17, 15) is 13.2 Å².